The average molecular weight is 517 g/mol. The number of carbonyl (C=O) groups is 1. The van der Waals surface area contributed by atoms with E-state index in [2.05, 4.69) is 20.3 Å². The third-order valence-electron chi connectivity index (χ3n) is 4.96. The SMILES string of the molecule is CC(NC(=O)c1cc(O[C@@H]2CCOC2)cc(-c2ncc(Cl)s2)c1F)c1cnc(C(F)(F)F)nc1. The summed E-state index contributed by atoms with van der Waals surface area (Å²) >= 11 is 6.98. The van der Waals surface area contributed by atoms with Gasteiger partial charge in [0.15, 0.2) is 0 Å². The van der Waals surface area contributed by atoms with Crippen LogP contribution >= 0.6 is 22.9 Å². The number of benzene rings is 1. The topological polar surface area (TPSA) is 86.2 Å². The number of alkyl halides is 3. The molecule has 0 aliphatic carbocycles. The molecule has 34 heavy (non-hydrogen) atoms. The predicted molar refractivity (Wildman–Crippen MR) is 115 cm³/mol. The van der Waals surface area contributed by atoms with Crippen molar-refractivity contribution < 1.29 is 31.8 Å². The molecule has 3 heterocycles. The third-order valence-corrected chi connectivity index (χ3v) is 6.11. The van der Waals surface area contributed by atoms with E-state index >= 15 is 4.39 Å². The van der Waals surface area contributed by atoms with Crippen molar-refractivity contribution in [2.45, 2.75) is 31.7 Å². The molecule has 13 heteroatoms. The van der Waals surface area contributed by atoms with Crippen molar-refractivity contribution >= 4 is 28.8 Å². The number of nitrogens with zero attached hydrogens (tertiary/aromatic N) is 3. The summed E-state index contributed by atoms with van der Waals surface area (Å²) in [5.41, 5.74) is -0.0782. The number of hydrogen-bond acceptors (Lipinski definition) is 7. The maximum atomic E-state index is 15.4. The van der Waals surface area contributed by atoms with E-state index in [0.717, 1.165) is 23.7 Å². The van der Waals surface area contributed by atoms with Gasteiger partial charge < -0.3 is 14.8 Å². The summed E-state index contributed by atoms with van der Waals surface area (Å²) < 4.78 is 65.0. The Morgan fingerprint density at radius 3 is 2.59 bits per heavy atom. The minimum absolute atomic E-state index is 0.0315. The van der Waals surface area contributed by atoms with Crippen LogP contribution in [0.5, 0.6) is 5.75 Å². The first-order valence-electron chi connectivity index (χ1n) is 10.0. The summed E-state index contributed by atoms with van der Waals surface area (Å²) in [5, 5.41) is 2.81. The van der Waals surface area contributed by atoms with Gasteiger partial charge in [-0.15, -0.1) is 11.3 Å². The van der Waals surface area contributed by atoms with Gasteiger partial charge in [-0.2, -0.15) is 13.2 Å². The van der Waals surface area contributed by atoms with E-state index in [4.69, 9.17) is 21.1 Å². The fourth-order valence-electron chi connectivity index (χ4n) is 3.23. The van der Waals surface area contributed by atoms with Gasteiger partial charge in [-0.05, 0) is 19.1 Å². The van der Waals surface area contributed by atoms with E-state index in [1.165, 1.54) is 25.3 Å². The second-order valence-electron chi connectivity index (χ2n) is 7.44. The first-order valence-corrected chi connectivity index (χ1v) is 11.2. The van der Waals surface area contributed by atoms with Crippen molar-refractivity contribution in [2.24, 2.45) is 0 Å². The van der Waals surface area contributed by atoms with Crippen LogP contribution in [-0.4, -0.2) is 40.2 Å². The Hall–Kier alpha value is -2.83. The highest BCUT2D eigenvalue weighted by atomic mass is 35.5. The maximum absolute atomic E-state index is 15.4. The van der Waals surface area contributed by atoms with E-state index < -0.39 is 29.8 Å². The van der Waals surface area contributed by atoms with Crippen molar-refractivity contribution in [3.63, 3.8) is 0 Å². The summed E-state index contributed by atoms with van der Waals surface area (Å²) in [6, 6.07) is 1.89. The molecule has 0 radical (unpaired) electrons. The Balaban J connectivity index is 1.61. The zero-order valence-corrected chi connectivity index (χ0v) is 19.1. The van der Waals surface area contributed by atoms with E-state index in [1.807, 2.05) is 0 Å². The second-order valence-corrected chi connectivity index (χ2v) is 9.10. The molecular weight excluding hydrogens is 500 g/mol. The minimum Gasteiger partial charge on any atom is -0.488 e. The van der Waals surface area contributed by atoms with Gasteiger partial charge in [-0.25, -0.2) is 19.3 Å². The Morgan fingerprint density at radius 2 is 2.00 bits per heavy atom. The number of halogens is 5. The summed E-state index contributed by atoms with van der Waals surface area (Å²) in [5.74, 6) is -2.70. The highest BCUT2D eigenvalue weighted by Crippen LogP contribution is 2.35. The van der Waals surface area contributed by atoms with E-state index in [9.17, 15) is 18.0 Å². The van der Waals surface area contributed by atoms with Crippen LogP contribution in [0.15, 0.2) is 30.7 Å². The smallest absolute Gasteiger partial charge is 0.451 e. The third kappa shape index (κ3) is 5.45. The molecule has 1 aliphatic heterocycles. The zero-order valence-electron chi connectivity index (χ0n) is 17.5. The average Bonchev–Trinajstić information content (AvgIpc) is 3.46. The highest BCUT2D eigenvalue weighted by molar-refractivity contribution is 7.18. The largest absolute Gasteiger partial charge is 0.488 e. The highest BCUT2D eigenvalue weighted by Gasteiger charge is 2.34. The van der Waals surface area contributed by atoms with Crippen LogP contribution < -0.4 is 10.1 Å². The monoisotopic (exact) mass is 516 g/mol. The number of rotatable bonds is 6. The molecule has 0 spiro atoms. The molecule has 0 bridgehead atoms. The number of ether oxygens (including phenoxy) is 2. The van der Waals surface area contributed by atoms with Crippen molar-refractivity contribution in [1.82, 2.24) is 20.3 Å². The summed E-state index contributed by atoms with van der Waals surface area (Å²) in [4.78, 5) is 23.6. The molecule has 1 saturated heterocycles. The number of hydrogen-bond donors (Lipinski definition) is 1. The zero-order chi connectivity index (χ0) is 24.5. The van der Waals surface area contributed by atoms with Crippen molar-refractivity contribution in [3.05, 3.63) is 57.8 Å². The molecule has 1 unspecified atom stereocenters. The molecule has 2 aromatic heterocycles. The fourth-order valence-corrected chi connectivity index (χ4v) is 4.15. The first-order chi connectivity index (χ1) is 16.1. The molecule has 7 nitrogen and oxygen atoms in total. The van der Waals surface area contributed by atoms with Crippen molar-refractivity contribution in [3.8, 4) is 16.3 Å². The Labute approximate surface area is 200 Å². The van der Waals surface area contributed by atoms with E-state index in [1.54, 1.807) is 0 Å². The van der Waals surface area contributed by atoms with Crippen LogP contribution in [-0.2, 0) is 10.9 Å². The lowest BCUT2D eigenvalue weighted by molar-refractivity contribution is -0.145. The number of carbonyl (C=O) groups excluding carboxylic acids is 1. The molecule has 1 amide bonds. The molecule has 0 saturated carbocycles. The number of nitrogens with one attached hydrogen (secondary N) is 1. The van der Waals surface area contributed by atoms with Crippen LogP contribution in [0.2, 0.25) is 4.34 Å². The number of amides is 1. The van der Waals surface area contributed by atoms with Gasteiger partial charge in [-0.3, -0.25) is 4.79 Å². The lowest BCUT2D eigenvalue weighted by Crippen LogP contribution is -2.28. The molecule has 3 aromatic rings. The standard InChI is InChI=1S/C21H17ClF4N4O3S/c1-10(11-6-28-20(29-7-11)21(24,25)26)30-18(31)14-4-13(33-12-2-3-32-9-12)5-15(17(14)23)19-27-8-16(22)34-19/h4-8,10,12H,2-3,9H2,1H3,(H,30,31)/t10?,12-/m1/s1. The second kappa shape index (κ2) is 9.80. The molecular formula is C21H17ClF4N4O3S. The minimum atomic E-state index is -4.69. The van der Waals surface area contributed by atoms with Crippen molar-refractivity contribution in [1.29, 1.82) is 0 Å². The summed E-state index contributed by atoms with van der Waals surface area (Å²) in [6.07, 6.45) is -1.01. The lowest BCUT2D eigenvalue weighted by atomic mass is 10.1. The summed E-state index contributed by atoms with van der Waals surface area (Å²) in [6.45, 7) is 2.41. The quantitative estimate of drug-likeness (QED) is 0.460. The van der Waals surface area contributed by atoms with Gasteiger partial charge in [0, 0.05) is 24.4 Å². The van der Waals surface area contributed by atoms with Gasteiger partial charge in [-0.1, -0.05) is 11.6 Å². The van der Waals surface area contributed by atoms with E-state index in [-0.39, 0.29) is 33.6 Å². The lowest BCUT2D eigenvalue weighted by Gasteiger charge is -2.17. The number of thiazole rings is 1. The van der Waals surface area contributed by atoms with Crippen LogP contribution in [0.4, 0.5) is 17.6 Å². The molecule has 1 aromatic carbocycles. The Morgan fingerprint density at radius 1 is 1.26 bits per heavy atom. The normalized spacial score (nSPS) is 16.9. The molecule has 1 aliphatic rings. The van der Waals surface area contributed by atoms with Gasteiger partial charge in [0.25, 0.3) is 5.91 Å². The Kier molecular flexibility index (Phi) is 7.01. The number of aromatic nitrogens is 3. The summed E-state index contributed by atoms with van der Waals surface area (Å²) in [7, 11) is 0. The maximum Gasteiger partial charge on any atom is 0.451 e. The van der Waals surface area contributed by atoms with Crippen LogP contribution in [0.3, 0.4) is 0 Å². The van der Waals surface area contributed by atoms with Crippen LogP contribution in [0, 0.1) is 5.82 Å². The van der Waals surface area contributed by atoms with Gasteiger partial charge in [0.1, 0.15) is 27.0 Å². The Bertz CT molecular complexity index is 1180. The first kappa shape index (κ1) is 24.3. The molecule has 180 valence electrons. The van der Waals surface area contributed by atoms with Gasteiger partial charge >= 0.3 is 6.18 Å². The van der Waals surface area contributed by atoms with Gasteiger partial charge in [0.2, 0.25) is 5.82 Å². The predicted octanol–water partition coefficient (Wildman–Crippen LogP) is 5.07. The van der Waals surface area contributed by atoms with Crippen LogP contribution in [0.25, 0.3) is 10.6 Å². The van der Waals surface area contributed by atoms with E-state index in [0.29, 0.717) is 24.0 Å². The molecule has 1 fully saturated rings. The molecule has 1 N–H and O–H groups in total. The fraction of sp³-hybridized carbons (Fsp3) is 0.333. The van der Waals surface area contributed by atoms with Crippen LogP contribution in [0.1, 0.15) is 41.1 Å². The molecule has 2 atom stereocenters. The van der Waals surface area contributed by atoms with Gasteiger partial charge in [0.05, 0.1) is 36.6 Å². The molecule has 4 rings (SSSR count). The van der Waals surface area contributed by atoms with Crippen molar-refractivity contribution in [2.75, 3.05) is 13.2 Å².